The molecule has 0 aromatic heterocycles. The Hall–Kier alpha value is -0.990. The van der Waals surface area contributed by atoms with Gasteiger partial charge in [-0.15, -0.1) is 0 Å². The summed E-state index contributed by atoms with van der Waals surface area (Å²) in [6.07, 6.45) is 62.1. The molecule has 0 aromatic carbocycles. The minimum Gasteiger partial charge on any atom is -0.462 e. The molecular formula is C61H123NO8P+. The monoisotopic (exact) mass is 1030 g/mol. The van der Waals surface area contributed by atoms with Gasteiger partial charge in [-0.25, -0.2) is 4.57 Å². The Kier molecular flexibility index (Phi) is 53.1. The molecule has 0 aliphatic rings. The maximum Gasteiger partial charge on any atom is 0.472 e. The molecule has 0 fully saturated rings. The molecule has 0 aliphatic carbocycles. The lowest BCUT2D eigenvalue weighted by molar-refractivity contribution is -0.870. The van der Waals surface area contributed by atoms with Crippen LogP contribution in [0.2, 0.25) is 0 Å². The van der Waals surface area contributed by atoms with Gasteiger partial charge in [-0.3, -0.25) is 18.6 Å². The van der Waals surface area contributed by atoms with Crippen molar-refractivity contribution < 1.29 is 42.1 Å². The topological polar surface area (TPSA) is 108 Å². The quantitative estimate of drug-likeness (QED) is 0.0278. The van der Waals surface area contributed by atoms with Gasteiger partial charge in [-0.1, -0.05) is 303 Å². The molecule has 0 heterocycles. The van der Waals surface area contributed by atoms with Gasteiger partial charge in [0.1, 0.15) is 19.8 Å². The second kappa shape index (κ2) is 53.8. The lowest BCUT2D eigenvalue weighted by atomic mass is 10.0. The fourth-order valence-corrected chi connectivity index (χ4v) is 10.3. The first-order valence-electron chi connectivity index (χ1n) is 31.3. The van der Waals surface area contributed by atoms with Crippen LogP contribution in [-0.2, 0) is 32.7 Å². The van der Waals surface area contributed by atoms with Gasteiger partial charge in [0.15, 0.2) is 6.10 Å². The number of unbranched alkanes of at least 4 members (excludes halogenated alkanes) is 45. The van der Waals surface area contributed by atoms with Gasteiger partial charge < -0.3 is 18.9 Å². The third-order valence-corrected chi connectivity index (χ3v) is 15.4. The predicted molar refractivity (Wildman–Crippen MR) is 303 cm³/mol. The average Bonchev–Trinajstić information content (AvgIpc) is 3.33. The zero-order valence-electron chi connectivity index (χ0n) is 48.3. The number of quaternary nitrogens is 1. The van der Waals surface area contributed by atoms with Crippen molar-refractivity contribution in [2.24, 2.45) is 0 Å². The molecule has 2 unspecified atom stereocenters. The molecule has 2 atom stereocenters. The summed E-state index contributed by atoms with van der Waals surface area (Å²) < 4.78 is 34.5. The minimum atomic E-state index is -4.37. The van der Waals surface area contributed by atoms with Crippen LogP contribution < -0.4 is 0 Å². The number of phosphoric acid groups is 1. The summed E-state index contributed by atoms with van der Waals surface area (Å²) in [4.78, 5) is 35.6. The van der Waals surface area contributed by atoms with Crippen LogP contribution in [0.3, 0.4) is 0 Å². The summed E-state index contributed by atoms with van der Waals surface area (Å²) in [7, 11) is 1.50. The van der Waals surface area contributed by atoms with Crippen LogP contribution in [0, 0.1) is 0 Å². The fourth-order valence-electron chi connectivity index (χ4n) is 9.55. The summed E-state index contributed by atoms with van der Waals surface area (Å²) in [5, 5.41) is 0. The summed E-state index contributed by atoms with van der Waals surface area (Å²) in [5.41, 5.74) is 0. The van der Waals surface area contributed by atoms with Crippen molar-refractivity contribution in [2.45, 2.75) is 335 Å². The van der Waals surface area contributed by atoms with E-state index in [4.69, 9.17) is 18.5 Å². The van der Waals surface area contributed by atoms with Crippen molar-refractivity contribution in [3.05, 3.63) is 0 Å². The number of nitrogens with zero attached hydrogens (tertiary/aromatic N) is 1. The number of carbonyl (C=O) groups is 2. The SMILES string of the molecule is CCCCCCCCCCCCCCCCCCCCCCCCCCCCCCCCCCCCCC(=O)OC(COC(=O)CCCCCCCCCCCCCC)COP(=O)(O)OCC[N+](C)(C)C. The van der Waals surface area contributed by atoms with E-state index in [1.807, 2.05) is 21.1 Å². The highest BCUT2D eigenvalue weighted by Gasteiger charge is 2.27. The molecule has 0 aliphatic heterocycles. The first-order chi connectivity index (χ1) is 34.5. The number of hydrogen-bond acceptors (Lipinski definition) is 7. The van der Waals surface area contributed by atoms with Crippen LogP contribution in [-0.4, -0.2) is 74.9 Å². The molecular weight excluding hydrogens is 906 g/mol. The second-order valence-corrected chi connectivity index (χ2v) is 24.3. The van der Waals surface area contributed by atoms with Gasteiger partial charge in [-0.05, 0) is 12.8 Å². The van der Waals surface area contributed by atoms with Crippen LogP contribution in [0.5, 0.6) is 0 Å². The van der Waals surface area contributed by atoms with Crippen LogP contribution in [0.4, 0.5) is 0 Å². The van der Waals surface area contributed by atoms with Gasteiger partial charge in [0.25, 0.3) is 0 Å². The van der Waals surface area contributed by atoms with E-state index in [1.54, 1.807) is 0 Å². The molecule has 1 N–H and O–H groups in total. The highest BCUT2D eigenvalue weighted by Crippen LogP contribution is 2.43. The van der Waals surface area contributed by atoms with Crippen molar-refractivity contribution in [2.75, 3.05) is 47.5 Å². The Morgan fingerprint density at radius 3 is 0.901 bits per heavy atom. The van der Waals surface area contributed by atoms with E-state index >= 15 is 0 Å². The van der Waals surface area contributed by atoms with E-state index in [2.05, 4.69) is 13.8 Å². The second-order valence-electron chi connectivity index (χ2n) is 22.8. The van der Waals surface area contributed by atoms with Crippen molar-refractivity contribution in [3.63, 3.8) is 0 Å². The van der Waals surface area contributed by atoms with E-state index in [0.29, 0.717) is 17.4 Å². The van der Waals surface area contributed by atoms with E-state index in [1.165, 1.54) is 263 Å². The zero-order chi connectivity index (χ0) is 52.0. The first-order valence-corrected chi connectivity index (χ1v) is 32.8. The maximum atomic E-state index is 12.8. The van der Waals surface area contributed by atoms with Crippen molar-refractivity contribution >= 4 is 19.8 Å². The van der Waals surface area contributed by atoms with E-state index in [-0.39, 0.29) is 25.6 Å². The molecule has 0 aromatic rings. The van der Waals surface area contributed by atoms with Crippen LogP contribution in [0.25, 0.3) is 0 Å². The third-order valence-electron chi connectivity index (χ3n) is 14.4. The number of esters is 2. The molecule has 0 radical (unpaired) electrons. The molecule has 0 bridgehead atoms. The molecule has 0 saturated heterocycles. The predicted octanol–water partition coefficient (Wildman–Crippen LogP) is 19.4. The number of carbonyl (C=O) groups excluding carboxylic acids is 2. The van der Waals surface area contributed by atoms with Crippen molar-refractivity contribution in [1.82, 2.24) is 0 Å². The summed E-state index contributed by atoms with van der Waals surface area (Å²) in [6.45, 7) is 4.49. The maximum absolute atomic E-state index is 12.8. The Morgan fingerprint density at radius 1 is 0.380 bits per heavy atom. The normalized spacial score (nSPS) is 13.2. The van der Waals surface area contributed by atoms with Gasteiger partial charge in [0.2, 0.25) is 0 Å². The lowest BCUT2D eigenvalue weighted by Crippen LogP contribution is -2.37. The number of likely N-dealkylation sites (N-methyl/N-ethyl adjacent to an activating group) is 1. The van der Waals surface area contributed by atoms with Crippen molar-refractivity contribution in [3.8, 4) is 0 Å². The van der Waals surface area contributed by atoms with Crippen LogP contribution >= 0.6 is 7.82 Å². The third kappa shape index (κ3) is 58.1. The Bertz CT molecular complexity index is 1160. The highest BCUT2D eigenvalue weighted by atomic mass is 31.2. The summed E-state index contributed by atoms with van der Waals surface area (Å²) in [6, 6.07) is 0. The molecule has 0 rings (SSSR count). The highest BCUT2D eigenvalue weighted by molar-refractivity contribution is 7.47. The standard InChI is InChI=1S/C61H122NO8P/c1-6-8-10-12-14-16-18-20-21-22-23-24-25-26-27-28-29-30-31-32-33-34-35-36-37-38-39-40-41-42-44-46-48-50-52-54-61(64)70-59(58-69-71(65,66)68-56-55-62(3,4)5)57-67-60(63)53-51-49-47-45-43-19-17-15-13-11-9-7-2/h59H,6-58H2,1-5H3/p+1. The average molecular weight is 1030 g/mol. The van der Waals surface area contributed by atoms with Crippen LogP contribution in [0.1, 0.15) is 328 Å². The number of rotatable bonds is 59. The van der Waals surface area contributed by atoms with Gasteiger partial charge >= 0.3 is 19.8 Å². The number of ether oxygens (including phenoxy) is 2. The van der Waals surface area contributed by atoms with Crippen LogP contribution in [0.15, 0.2) is 0 Å². The zero-order valence-corrected chi connectivity index (χ0v) is 49.1. The summed E-state index contributed by atoms with van der Waals surface area (Å²) >= 11 is 0. The molecule has 9 nitrogen and oxygen atoms in total. The van der Waals surface area contributed by atoms with Gasteiger partial charge in [0, 0.05) is 12.8 Å². The number of phosphoric ester groups is 1. The molecule has 0 saturated carbocycles. The molecule has 71 heavy (non-hydrogen) atoms. The first kappa shape index (κ1) is 70.0. The molecule has 424 valence electrons. The van der Waals surface area contributed by atoms with E-state index in [0.717, 1.165) is 38.5 Å². The molecule has 10 heteroatoms. The Morgan fingerprint density at radius 2 is 0.634 bits per heavy atom. The number of hydrogen-bond donors (Lipinski definition) is 1. The largest absolute Gasteiger partial charge is 0.472 e. The van der Waals surface area contributed by atoms with Gasteiger partial charge in [0.05, 0.1) is 27.7 Å². The lowest BCUT2D eigenvalue weighted by Gasteiger charge is -2.24. The smallest absolute Gasteiger partial charge is 0.462 e. The van der Waals surface area contributed by atoms with Gasteiger partial charge in [-0.2, -0.15) is 0 Å². The summed E-state index contributed by atoms with van der Waals surface area (Å²) in [5.74, 6) is -0.776. The fraction of sp³-hybridized carbons (Fsp3) is 0.967. The van der Waals surface area contributed by atoms with Crippen molar-refractivity contribution in [1.29, 1.82) is 0 Å². The molecule has 0 amide bonds. The van der Waals surface area contributed by atoms with E-state index < -0.39 is 26.5 Å². The minimum absolute atomic E-state index is 0.0372. The Balaban J connectivity index is 3.87. The molecule has 0 spiro atoms. The van der Waals surface area contributed by atoms with E-state index in [9.17, 15) is 19.0 Å². The Labute approximate surface area is 442 Å².